The second-order valence-corrected chi connectivity index (χ2v) is 6.00. The molecule has 3 nitrogen and oxygen atoms in total. The van der Waals surface area contributed by atoms with Crippen molar-refractivity contribution in [3.8, 4) is 0 Å². The number of ether oxygens (including phenoxy) is 1. The Morgan fingerprint density at radius 3 is 1.93 bits per heavy atom. The molecule has 1 atom stereocenters. The molecular weight excluding hydrogens is 369 g/mol. The summed E-state index contributed by atoms with van der Waals surface area (Å²) >= 11 is 0. The van der Waals surface area contributed by atoms with Gasteiger partial charge in [0.2, 0.25) is 5.78 Å². The Balaban J connectivity index is 1.92. The van der Waals surface area contributed by atoms with Crippen LogP contribution < -0.4 is 0 Å². The number of alkyl halides is 3. The Morgan fingerprint density at radius 1 is 0.750 bits per heavy atom. The van der Waals surface area contributed by atoms with Gasteiger partial charge in [0.05, 0.1) is 11.1 Å². The number of esters is 1. The van der Waals surface area contributed by atoms with Crippen LogP contribution >= 0.6 is 0 Å². The van der Waals surface area contributed by atoms with E-state index in [2.05, 4.69) is 0 Å². The van der Waals surface area contributed by atoms with Gasteiger partial charge in [-0.05, 0) is 18.2 Å². The highest BCUT2D eigenvalue weighted by atomic mass is 19.4. The first-order valence-electron chi connectivity index (χ1n) is 8.39. The zero-order valence-electron chi connectivity index (χ0n) is 14.5. The van der Waals surface area contributed by atoms with E-state index in [0.29, 0.717) is 17.2 Å². The third-order valence-corrected chi connectivity index (χ3v) is 4.05. The number of carbonyl (C=O) groups excluding carboxylic acids is 2. The summed E-state index contributed by atoms with van der Waals surface area (Å²) in [5.74, 6) is -1.48. The lowest BCUT2D eigenvalue weighted by Crippen LogP contribution is -2.20. The highest BCUT2D eigenvalue weighted by molar-refractivity contribution is 6.02. The van der Waals surface area contributed by atoms with Gasteiger partial charge < -0.3 is 4.74 Å². The number of ketones is 1. The molecule has 0 aromatic heterocycles. The molecule has 0 radical (unpaired) electrons. The fourth-order valence-electron chi connectivity index (χ4n) is 2.65. The molecule has 3 aromatic carbocycles. The first-order chi connectivity index (χ1) is 13.4. The maximum Gasteiger partial charge on any atom is 0.416 e. The van der Waals surface area contributed by atoms with Crippen LogP contribution in [0.25, 0.3) is 0 Å². The molecule has 0 fully saturated rings. The lowest BCUT2D eigenvalue weighted by atomic mass is 9.99. The van der Waals surface area contributed by atoms with Crippen molar-refractivity contribution >= 4 is 11.8 Å². The number of halogens is 3. The van der Waals surface area contributed by atoms with E-state index in [4.69, 9.17) is 4.74 Å². The molecule has 142 valence electrons. The molecule has 0 spiro atoms. The number of benzene rings is 3. The minimum Gasteiger partial charge on any atom is -0.445 e. The molecule has 0 amide bonds. The van der Waals surface area contributed by atoms with Crippen LogP contribution in [0.2, 0.25) is 0 Å². The predicted molar refractivity (Wildman–Crippen MR) is 96.8 cm³/mol. The Hall–Kier alpha value is -3.41. The summed E-state index contributed by atoms with van der Waals surface area (Å²) in [7, 11) is 0. The number of hydrogen-bond donors (Lipinski definition) is 0. The van der Waals surface area contributed by atoms with Gasteiger partial charge in [-0.15, -0.1) is 0 Å². The normalized spacial score (nSPS) is 12.2. The van der Waals surface area contributed by atoms with E-state index < -0.39 is 29.6 Å². The van der Waals surface area contributed by atoms with E-state index in [1.807, 2.05) is 0 Å². The molecule has 0 bridgehead atoms. The highest BCUT2D eigenvalue weighted by Crippen LogP contribution is 2.30. The SMILES string of the molecule is O=C(O[C@H](C(=O)c1ccccc1)c1ccccc1)c1cccc(C(F)(F)F)c1. The Morgan fingerprint density at radius 2 is 1.32 bits per heavy atom. The van der Waals surface area contributed by atoms with Gasteiger partial charge in [-0.25, -0.2) is 4.79 Å². The number of carbonyl (C=O) groups is 2. The summed E-state index contributed by atoms with van der Waals surface area (Å²) in [5, 5.41) is 0. The van der Waals surface area contributed by atoms with Crippen molar-refractivity contribution in [1.29, 1.82) is 0 Å². The van der Waals surface area contributed by atoms with Gasteiger partial charge >= 0.3 is 12.1 Å². The predicted octanol–water partition coefficient (Wildman–Crippen LogP) is 5.49. The van der Waals surface area contributed by atoms with Crippen molar-refractivity contribution in [3.63, 3.8) is 0 Å². The van der Waals surface area contributed by atoms with E-state index in [1.54, 1.807) is 60.7 Å². The van der Waals surface area contributed by atoms with Crippen LogP contribution in [0.4, 0.5) is 13.2 Å². The van der Waals surface area contributed by atoms with Crippen molar-refractivity contribution in [3.05, 3.63) is 107 Å². The van der Waals surface area contributed by atoms with Crippen LogP contribution in [0.15, 0.2) is 84.9 Å². The molecule has 3 aromatic rings. The van der Waals surface area contributed by atoms with Crippen LogP contribution in [0.5, 0.6) is 0 Å². The maximum atomic E-state index is 12.9. The first kappa shape index (κ1) is 19.4. The second kappa shape index (κ2) is 8.08. The highest BCUT2D eigenvalue weighted by Gasteiger charge is 2.32. The zero-order chi connectivity index (χ0) is 20.1. The quantitative estimate of drug-likeness (QED) is 0.432. The summed E-state index contributed by atoms with van der Waals surface area (Å²) in [6.07, 6.45) is -5.86. The summed E-state index contributed by atoms with van der Waals surface area (Å²) < 4.78 is 44.1. The topological polar surface area (TPSA) is 43.4 Å². The third kappa shape index (κ3) is 4.46. The van der Waals surface area contributed by atoms with Gasteiger partial charge in [0, 0.05) is 11.1 Å². The fraction of sp³-hybridized carbons (Fsp3) is 0.0909. The van der Waals surface area contributed by atoms with Crippen molar-refractivity contribution in [2.45, 2.75) is 12.3 Å². The minimum absolute atomic E-state index is 0.281. The summed E-state index contributed by atoms with van der Waals surface area (Å²) in [4.78, 5) is 25.4. The minimum atomic E-state index is -4.59. The monoisotopic (exact) mass is 384 g/mol. The van der Waals surface area contributed by atoms with Crippen LogP contribution in [0, 0.1) is 0 Å². The van der Waals surface area contributed by atoms with Crippen molar-refractivity contribution in [2.75, 3.05) is 0 Å². The van der Waals surface area contributed by atoms with Crippen molar-refractivity contribution in [1.82, 2.24) is 0 Å². The number of rotatable bonds is 5. The lowest BCUT2D eigenvalue weighted by molar-refractivity contribution is -0.137. The lowest BCUT2D eigenvalue weighted by Gasteiger charge is -2.18. The Labute approximate surface area is 159 Å². The number of Topliss-reactive ketones (excluding diaryl/α,β-unsaturated/α-hetero) is 1. The first-order valence-corrected chi connectivity index (χ1v) is 8.39. The van der Waals surface area contributed by atoms with E-state index in [-0.39, 0.29) is 5.56 Å². The van der Waals surface area contributed by atoms with Crippen molar-refractivity contribution in [2.24, 2.45) is 0 Å². The Bertz CT molecular complexity index is 967. The standard InChI is InChI=1S/C22H15F3O3/c23-22(24,25)18-13-7-12-17(14-18)21(27)28-20(16-10-5-2-6-11-16)19(26)15-8-3-1-4-9-15/h1-14,20H/t20-/m0/s1. The molecule has 0 unspecified atom stereocenters. The van der Waals surface area contributed by atoms with E-state index >= 15 is 0 Å². The van der Waals surface area contributed by atoms with E-state index in [1.165, 1.54) is 6.07 Å². The maximum absolute atomic E-state index is 12.9. The average Bonchev–Trinajstić information content (AvgIpc) is 2.72. The van der Waals surface area contributed by atoms with Crippen LogP contribution in [0.1, 0.15) is 37.9 Å². The molecule has 0 saturated carbocycles. The van der Waals surface area contributed by atoms with Crippen molar-refractivity contribution < 1.29 is 27.5 Å². The average molecular weight is 384 g/mol. The molecular formula is C22H15F3O3. The van der Waals surface area contributed by atoms with Crippen LogP contribution in [0.3, 0.4) is 0 Å². The van der Waals surface area contributed by atoms with E-state index in [9.17, 15) is 22.8 Å². The summed E-state index contributed by atoms with van der Waals surface area (Å²) in [6, 6.07) is 20.5. The Kier molecular flexibility index (Phi) is 5.59. The van der Waals surface area contributed by atoms with Gasteiger partial charge in [-0.2, -0.15) is 13.2 Å². The summed E-state index contributed by atoms with van der Waals surface area (Å²) in [6.45, 7) is 0. The van der Waals surface area contributed by atoms with Crippen LogP contribution in [-0.2, 0) is 10.9 Å². The molecule has 0 aliphatic heterocycles. The smallest absolute Gasteiger partial charge is 0.416 e. The molecule has 0 N–H and O–H groups in total. The van der Waals surface area contributed by atoms with Crippen LogP contribution in [-0.4, -0.2) is 11.8 Å². The molecule has 6 heteroatoms. The molecule has 0 heterocycles. The third-order valence-electron chi connectivity index (χ3n) is 4.05. The molecule has 0 aliphatic rings. The fourth-order valence-corrected chi connectivity index (χ4v) is 2.65. The van der Waals surface area contributed by atoms with E-state index in [0.717, 1.165) is 12.1 Å². The van der Waals surface area contributed by atoms with Gasteiger partial charge in [0.1, 0.15) is 0 Å². The van der Waals surface area contributed by atoms with Gasteiger partial charge in [0.25, 0.3) is 0 Å². The van der Waals surface area contributed by atoms with Gasteiger partial charge in [-0.3, -0.25) is 4.79 Å². The zero-order valence-corrected chi connectivity index (χ0v) is 14.5. The van der Waals surface area contributed by atoms with Gasteiger partial charge in [0.15, 0.2) is 6.10 Å². The van der Waals surface area contributed by atoms with Gasteiger partial charge in [-0.1, -0.05) is 66.7 Å². The molecule has 0 aliphatic carbocycles. The molecule has 28 heavy (non-hydrogen) atoms. The second-order valence-electron chi connectivity index (χ2n) is 6.00. The molecule has 3 rings (SSSR count). The number of hydrogen-bond acceptors (Lipinski definition) is 3. The summed E-state index contributed by atoms with van der Waals surface area (Å²) in [5.41, 5.74) is -0.492. The largest absolute Gasteiger partial charge is 0.445 e. The molecule has 0 saturated heterocycles.